The summed E-state index contributed by atoms with van der Waals surface area (Å²) in [5, 5.41) is 0. The highest BCUT2D eigenvalue weighted by molar-refractivity contribution is 9.11. The van der Waals surface area contributed by atoms with Gasteiger partial charge in [-0.2, -0.15) is 0 Å². The summed E-state index contributed by atoms with van der Waals surface area (Å²) in [5.41, 5.74) is 7.33. The topological polar surface area (TPSA) is 26.0 Å². The van der Waals surface area contributed by atoms with Gasteiger partial charge in [0.15, 0.2) is 0 Å². The van der Waals surface area contributed by atoms with E-state index >= 15 is 0 Å². The maximum absolute atomic E-state index is 6.13. The van der Waals surface area contributed by atoms with E-state index in [1.54, 1.807) is 0 Å². The second-order valence-corrected chi connectivity index (χ2v) is 5.64. The minimum atomic E-state index is 0. The molecular weight excluding hydrogens is 353 g/mol. The molecule has 0 aliphatic rings. The van der Waals surface area contributed by atoms with Gasteiger partial charge in [-0.3, -0.25) is 0 Å². The average Bonchev–Trinajstić information content (AvgIpc) is 2.16. The number of benzene rings is 1. The molecule has 4 heteroatoms. The normalized spacial score (nSPS) is 12.0. The monoisotopic (exact) mass is 369 g/mol. The van der Waals surface area contributed by atoms with Crippen molar-refractivity contribution in [2.75, 3.05) is 0 Å². The highest BCUT2D eigenvalue weighted by Crippen LogP contribution is 2.25. The van der Waals surface area contributed by atoms with Gasteiger partial charge in [0.05, 0.1) is 0 Å². The van der Waals surface area contributed by atoms with Crippen LogP contribution in [0.2, 0.25) is 0 Å². The Morgan fingerprint density at radius 3 is 2.19 bits per heavy atom. The van der Waals surface area contributed by atoms with Crippen molar-refractivity contribution in [3.8, 4) is 0 Å². The van der Waals surface area contributed by atoms with Gasteiger partial charge in [-0.05, 0) is 30.2 Å². The molecule has 0 unspecified atom stereocenters. The molecule has 0 amide bonds. The van der Waals surface area contributed by atoms with Crippen LogP contribution in [-0.2, 0) is 0 Å². The molecule has 0 spiro atoms. The molecule has 1 nitrogen and oxygen atoms in total. The van der Waals surface area contributed by atoms with E-state index < -0.39 is 0 Å². The van der Waals surface area contributed by atoms with Gasteiger partial charge >= 0.3 is 0 Å². The fourth-order valence-electron chi connectivity index (χ4n) is 1.57. The molecule has 0 radical (unpaired) electrons. The van der Waals surface area contributed by atoms with E-state index in [1.807, 2.05) is 6.07 Å². The predicted molar refractivity (Wildman–Crippen MR) is 80.2 cm³/mol. The third-order valence-corrected chi connectivity index (χ3v) is 3.35. The van der Waals surface area contributed by atoms with E-state index in [2.05, 4.69) is 50.9 Å². The molecule has 1 rings (SSSR count). The molecule has 0 saturated heterocycles. The number of halogens is 3. The van der Waals surface area contributed by atoms with Gasteiger partial charge in [-0.25, -0.2) is 0 Å². The van der Waals surface area contributed by atoms with Crippen LogP contribution < -0.4 is 5.73 Å². The summed E-state index contributed by atoms with van der Waals surface area (Å²) in [5.74, 6) is 0. The number of nitrogens with two attached hydrogens (primary N) is 1. The molecule has 0 heterocycles. The van der Waals surface area contributed by atoms with Crippen LogP contribution in [0.15, 0.2) is 27.1 Å². The van der Waals surface area contributed by atoms with Crippen LogP contribution in [0.1, 0.15) is 44.2 Å². The lowest BCUT2D eigenvalue weighted by Gasteiger charge is -2.12. The molecule has 1 aromatic carbocycles. The van der Waals surface area contributed by atoms with Crippen molar-refractivity contribution in [2.24, 2.45) is 5.73 Å². The minimum absolute atomic E-state index is 0. The third kappa shape index (κ3) is 5.67. The summed E-state index contributed by atoms with van der Waals surface area (Å²) in [7, 11) is 0. The summed E-state index contributed by atoms with van der Waals surface area (Å²) < 4.78 is 2.16. The average molecular weight is 372 g/mol. The Bertz CT molecular complexity index is 298. The van der Waals surface area contributed by atoms with Gasteiger partial charge in [0.2, 0.25) is 0 Å². The smallest absolute Gasteiger partial charge is 0.0295 e. The Labute approximate surface area is 121 Å². The lowest BCUT2D eigenvalue weighted by atomic mass is 10.0. The molecule has 0 bridgehead atoms. The molecule has 0 saturated carbocycles. The number of unbranched alkanes of at least 4 members (excludes halogenated alkanes) is 2. The molecule has 1 atom stereocenters. The molecule has 2 N–H and O–H groups in total. The highest BCUT2D eigenvalue weighted by atomic mass is 79.9. The third-order valence-electron chi connectivity index (χ3n) is 2.43. The van der Waals surface area contributed by atoms with Gasteiger partial charge in [-0.1, -0.05) is 58.0 Å². The summed E-state index contributed by atoms with van der Waals surface area (Å²) in [6.07, 6.45) is 4.79. The maximum Gasteiger partial charge on any atom is 0.0295 e. The molecule has 0 aliphatic carbocycles. The summed E-state index contributed by atoms with van der Waals surface area (Å²) in [6.45, 7) is 2.21. The Morgan fingerprint density at radius 2 is 1.69 bits per heavy atom. The minimum Gasteiger partial charge on any atom is -0.324 e. The van der Waals surface area contributed by atoms with Gasteiger partial charge in [0, 0.05) is 15.0 Å². The van der Waals surface area contributed by atoms with Crippen molar-refractivity contribution in [1.29, 1.82) is 0 Å². The van der Waals surface area contributed by atoms with Gasteiger partial charge in [0.25, 0.3) is 0 Å². The van der Waals surface area contributed by atoms with E-state index in [4.69, 9.17) is 5.73 Å². The second-order valence-electron chi connectivity index (χ2n) is 3.81. The molecule has 0 aromatic heterocycles. The molecule has 0 fully saturated rings. The van der Waals surface area contributed by atoms with Crippen molar-refractivity contribution in [1.82, 2.24) is 0 Å². The van der Waals surface area contributed by atoms with Crippen LogP contribution in [0.4, 0.5) is 0 Å². The van der Waals surface area contributed by atoms with Gasteiger partial charge in [0.1, 0.15) is 0 Å². The lowest BCUT2D eigenvalue weighted by Crippen LogP contribution is -2.10. The van der Waals surface area contributed by atoms with Crippen molar-refractivity contribution in [2.45, 2.75) is 38.6 Å². The zero-order valence-electron chi connectivity index (χ0n) is 9.38. The first kappa shape index (κ1) is 16.4. The highest BCUT2D eigenvalue weighted by Gasteiger charge is 2.07. The van der Waals surface area contributed by atoms with Crippen LogP contribution >= 0.6 is 44.3 Å². The summed E-state index contributed by atoms with van der Waals surface area (Å²) >= 11 is 6.96. The molecule has 0 aliphatic heterocycles. The van der Waals surface area contributed by atoms with Crippen LogP contribution in [0.3, 0.4) is 0 Å². The summed E-state index contributed by atoms with van der Waals surface area (Å²) in [6, 6.07) is 6.38. The van der Waals surface area contributed by atoms with Crippen molar-refractivity contribution < 1.29 is 0 Å². The van der Waals surface area contributed by atoms with Crippen LogP contribution in [0.25, 0.3) is 0 Å². The van der Waals surface area contributed by atoms with Gasteiger partial charge < -0.3 is 5.73 Å². The van der Waals surface area contributed by atoms with Crippen LogP contribution in [0, 0.1) is 0 Å². The maximum atomic E-state index is 6.13. The van der Waals surface area contributed by atoms with Crippen LogP contribution in [-0.4, -0.2) is 0 Å². The van der Waals surface area contributed by atoms with Crippen LogP contribution in [0.5, 0.6) is 0 Å². The van der Waals surface area contributed by atoms with Gasteiger partial charge in [-0.15, -0.1) is 12.4 Å². The zero-order valence-corrected chi connectivity index (χ0v) is 13.4. The first-order chi connectivity index (χ1) is 7.13. The van der Waals surface area contributed by atoms with Crippen molar-refractivity contribution in [3.63, 3.8) is 0 Å². The summed E-state index contributed by atoms with van der Waals surface area (Å²) in [4.78, 5) is 0. The Hall–Kier alpha value is 0.430. The zero-order chi connectivity index (χ0) is 11.3. The standard InChI is InChI=1S/C12H17Br2N.ClH/c1-2-3-4-5-12(15)9-6-10(13)8-11(14)7-9;/h6-8,12H,2-5,15H2,1H3;1H/t12-;/m1./s1. The van der Waals surface area contributed by atoms with E-state index in [0.29, 0.717) is 0 Å². The van der Waals surface area contributed by atoms with E-state index in [1.165, 1.54) is 24.8 Å². The fourth-order valence-corrected chi connectivity index (χ4v) is 2.90. The molecule has 1 aromatic rings. The lowest BCUT2D eigenvalue weighted by molar-refractivity contribution is 0.581. The first-order valence-electron chi connectivity index (χ1n) is 5.35. The van der Waals surface area contributed by atoms with Crippen molar-refractivity contribution in [3.05, 3.63) is 32.7 Å². The molecular formula is C12H18Br2ClN. The number of hydrogen-bond donors (Lipinski definition) is 1. The van der Waals surface area contributed by atoms with E-state index in [9.17, 15) is 0 Å². The Kier molecular flexibility index (Phi) is 8.74. The predicted octanol–water partition coefficient (Wildman–Crippen LogP) is 5.21. The first-order valence-corrected chi connectivity index (χ1v) is 6.93. The molecule has 92 valence electrons. The Balaban J connectivity index is 0.00000225. The largest absolute Gasteiger partial charge is 0.324 e. The van der Waals surface area contributed by atoms with E-state index in [0.717, 1.165) is 15.4 Å². The molecule has 16 heavy (non-hydrogen) atoms. The second kappa shape index (κ2) is 8.51. The fraction of sp³-hybridized carbons (Fsp3) is 0.500. The van der Waals surface area contributed by atoms with E-state index in [-0.39, 0.29) is 18.4 Å². The number of hydrogen-bond acceptors (Lipinski definition) is 1. The number of rotatable bonds is 5. The van der Waals surface area contributed by atoms with Crippen molar-refractivity contribution >= 4 is 44.3 Å². The quantitative estimate of drug-likeness (QED) is 0.706. The SMILES string of the molecule is CCCCC[C@@H](N)c1cc(Br)cc(Br)c1.Cl. The Morgan fingerprint density at radius 1 is 1.12 bits per heavy atom.